The Hall–Kier alpha value is -3.63. The highest BCUT2D eigenvalue weighted by atomic mass is 16.5. The maximum absolute atomic E-state index is 10.8. The van der Waals surface area contributed by atoms with Crippen LogP contribution in [-0.4, -0.2) is 11.8 Å². The minimum atomic E-state index is -0.991. The first-order chi connectivity index (χ1) is 14.7. The van der Waals surface area contributed by atoms with E-state index in [2.05, 4.69) is 18.3 Å². The molecule has 0 fully saturated rings. The minimum Gasteiger partial charge on any atom is -0.489 e. The summed E-state index contributed by atoms with van der Waals surface area (Å²) in [4.78, 5) is 3.91. The van der Waals surface area contributed by atoms with E-state index in [9.17, 15) is 5.11 Å². The van der Waals surface area contributed by atoms with Crippen LogP contribution in [0.15, 0.2) is 108 Å². The van der Waals surface area contributed by atoms with Gasteiger partial charge in [0, 0.05) is 11.6 Å². The van der Waals surface area contributed by atoms with Crippen LogP contribution < -0.4 is 9.47 Å². The molecule has 3 aromatic rings. The van der Waals surface area contributed by atoms with Crippen LogP contribution in [0.3, 0.4) is 0 Å². The zero-order valence-electron chi connectivity index (χ0n) is 16.8. The number of ether oxygens (including phenoxy) is 2. The monoisotopic (exact) mass is 399 g/mol. The largest absolute Gasteiger partial charge is 0.489 e. The van der Waals surface area contributed by atoms with E-state index in [0.29, 0.717) is 36.0 Å². The van der Waals surface area contributed by atoms with Crippen molar-refractivity contribution >= 4 is 6.72 Å². The van der Waals surface area contributed by atoms with E-state index in [1.165, 1.54) is 0 Å². The lowest BCUT2D eigenvalue weighted by atomic mass is 10.0. The fourth-order valence-corrected chi connectivity index (χ4v) is 2.94. The van der Waals surface area contributed by atoms with Crippen LogP contribution in [0.2, 0.25) is 0 Å². The molecule has 3 rings (SSSR count). The van der Waals surface area contributed by atoms with Gasteiger partial charge in [-0.2, -0.15) is 0 Å². The highest BCUT2D eigenvalue weighted by Crippen LogP contribution is 2.34. The van der Waals surface area contributed by atoms with E-state index in [1.807, 2.05) is 66.7 Å². The van der Waals surface area contributed by atoms with E-state index >= 15 is 0 Å². The average molecular weight is 399 g/mol. The Kier molecular flexibility index (Phi) is 7.58. The van der Waals surface area contributed by atoms with Crippen molar-refractivity contribution in [2.75, 3.05) is 0 Å². The average Bonchev–Trinajstić information content (AvgIpc) is 2.81. The molecule has 0 saturated heterocycles. The van der Waals surface area contributed by atoms with Crippen molar-refractivity contribution in [2.24, 2.45) is 4.99 Å². The number of hydrogen-bond acceptors (Lipinski definition) is 4. The van der Waals surface area contributed by atoms with Crippen molar-refractivity contribution in [3.63, 3.8) is 0 Å². The predicted octanol–water partition coefficient (Wildman–Crippen LogP) is 5.65. The lowest BCUT2D eigenvalue weighted by molar-refractivity contribution is 0.203. The van der Waals surface area contributed by atoms with Gasteiger partial charge in [0.25, 0.3) is 0 Å². The van der Waals surface area contributed by atoms with E-state index in [1.54, 1.807) is 24.3 Å². The molecule has 0 spiro atoms. The Morgan fingerprint density at radius 1 is 0.900 bits per heavy atom. The molecule has 0 saturated carbocycles. The van der Waals surface area contributed by atoms with Gasteiger partial charge >= 0.3 is 0 Å². The molecular weight excluding hydrogens is 374 g/mol. The van der Waals surface area contributed by atoms with Gasteiger partial charge in [0.2, 0.25) is 0 Å². The number of nitrogens with zero attached hydrogens (tertiary/aromatic N) is 1. The summed E-state index contributed by atoms with van der Waals surface area (Å²) in [6.07, 6.45) is 2.20. The molecule has 0 aliphatic rings. The number of aliphatic hydroxyl groups excluding tert-OH is 1. The molecule has 0 heterocycles. The van der Waals surface area contributed by atoms with Gasteiger partial charge in [0.15, 0.2) is 0 Å². The quantitative estimate of drug-likeness (QED) is 0.354. The summed E-state index contributed by atoms with van der Waals surface area (Å²) in [6.45, 7) is 8.01. The molecule has 0 radical (unpaired) electrons. The van der Waals surface area contributed by atoms with Crippen molar-refractivity contribution < 1.29 is 14.6 Å². The number of benzene rings is 3. The van der Waals surface area contributed by atoms with Crippen LogP contribution in [0.4, 0.5) is 0 Å². The van der Waals surface area contributed by atoms with Crippen LogP contribution >= 0.6 is 0 Å². The van der Waals surface area contributed by atoms with Gasteiger partial charge < -0.3 is 14.6 Å². The predicted molar refractivity (Wildman–Crippen MR) is 121 cm³/mol. The molecule has 0 aliphatic heterocycles. The van der Waals surface area contributed by atoms with Crippen LogP contribution in [-0.2, 0) is 13.2 Å². The molecular formula is C26H25NO3. The van der Waals surface area contributed by atoms with Crippen LogP contribution in [0.25, 0.3) is 0 Å². The van der Waals surface area contributed by atoms with Crippen LogP contribution in [0, 0.1) is 0 Å². The van der Waals surface area contributed by atoms with Crippen LogP contribution in [0.5, 0.6) is 11.5 Å². The summed E-state index contributed by atoms with van der Waals surface area (Å²) in [5.74, 6) is 1.18. The van der Waals surface area contributed by atoms with Gasteiger partial charge in [-0.15, -0.1) is 0 Å². The first kappa shape index (κ1) is 21.1. The molecule has 152 valence electrons. The standard InChI is InChI=1S/C26H25NO3/c1-3-10-24(27-2)26(28)23-16-15-22(29-18-20-11-6-4-7-12-20)17-25(23)30-19-21-13-8-5-9-14-21/h3-17,26,28H,1-2,18-19H2/b24-10-. The van der Waals surface area contributed by atoms with Gasteiger partial charge in [0.1, 0.15) is 30.8 Å². The van der Waals surface area contributed by atoms with Crippen molar-refractivity contribution in [2.45, 2.75) is 19.3 Å². The summed E-state index contributed by atoms with van der Waals surface area (Å²) in [5, 5.41) is 10.8. The van der Waals surface area contributed by atoms with Crippen molar-refractivity contribution in [1.29, 1.82) is 0 Å². The first-order valence-corrected chi connectivity index (χ1v) is 9.66. The highest BCUT2D eigenvalue weighted by molar-refractivity contribution is 5.46. The Morgan fingerprint density at radius 3 is 2.07 bits per heavy atom. The second kappa shape index (κ2) is 10.8. The van der Waals surface area contributed by atoms with E-state index < -0.39 is 6.10 Å². The van der Waals surface area contributed by atoms with Gasteiger partial charge in [0.05, 0.1) is 5.70 Å². The molecule has 1 N–H and O–H groups in total. The lowest BCUT2D eigenvalue weighted by Crippen LogP contribution is -2.06. The number of rotatable bonds is 10. The first-order valence-electron chi connectivity index (χ1n) is 9.66. The molecule has 4 nitrogen and oxygen atoms in total. The number of aliphatic hydroxyl groups is 1. The molecule has 0 bridgehead atoms. The number of aliphatic imine (C=N–C) groups is 1. The summed E-state index contributed by atoms with van der Waals surface area (Å²) in [5.41, 5.74) is 3.07. The lowest BCUT2D eigenvalue weighted by Gasteiger charge is -2.18. The SMILES string of the molecule is C=C/C=C(\N=C)C(O)c1ccc(OCc2ccccc2)cc1OCc1ccccc1. The van der Waals surface area contributed by atoms with Crippen molar-refractivity contribution in [3.05, 3.63) is 120 Å². The van der Waals surface area contributed by atoms with Crippen molar-refractivity contribution in [3.8, 4) is 11.5 Å². The molecule has 1 atom stereocenters. The van der Waals surface area contributed by atoms with Gasteiger partial charge in [-0.05, 0) is 36.1 Å². The maximum atomic E-state index is 10.8. The summed E-state index contributed by atoms with van der Waals surface area (Å²) < 4.78 is 12.0. The second-order valence-electron chi connectivity index (χ2n) is 6.64. The topological polar surface area (TPSA) is 51.1 Å². The van der Waals surface area contributed by atoms with E-state index in [4.69, 9.17) is 9.47 Å². The third kappa shape index (κ3) is 5.69. The van der Waals surface area contributed by atoms with E-state index in [0.717, 1.165) is 11.1 Å². The minimum absolute atomic E-state index is 0.366. The molecule has 3 aromatic carbocycles. The fourth-order valence-electron chi connectivity index (χ4n) is 2.94. The molecule has 0 amide bonds. The molecule has 4 heteroatoms. The van der Waals surface area contributed by atoms with Gasteiger partial charge in [-0.3, -0.25) is 4.99 Å². The zero-order chi connectivity index (χ0) is 21.2. The normalized spacial score (nSPS) is 12.1. The Balaban J connectivity index is 1.85. The number of hydrogen-bond donors (Lipinski definition) is 1. The third-order valence-electron chi connectivity index (χ3n) is 4.52. The Bertz CT molecular complexity index is 997. The summed E-state index contributed by atoms with van der Waals surface area (Å²) >= 11 is 0. The summed E-state index contributed by atoms with van der Waals surface area (Å²) in [6, 6.07) is 25.2. The summed E-state index contributed by atoms with van der Waals surface area (Å²) in [7, 11) is 0. The fraction of sp³-hybridized carbons (Fsp3) is 0.115. The smallest absolute Gasteiger partial charge is 0.129 e. The highest BCUT2D eigenvalue weighted by Gasteiger charge is 2.18. The molecule has 0 aliphatic carbocycles. The van der Waals surface area contributed by atoms with Crippen LogP contribution in [0.1, 0.15) is 22.8 Å². The third-order valence-corrected chi connectivity index (χ3v) is 4.52. The van der Waals surface area contributed by atoms with Gasteiger partial charge in [-0.25, -0.2) is 0 Å². The molecule has 0 aromatic heterocycles. The Labute approximate surface area is 177 Å². The Morgan fingerprint density at radius 2 is 1.50 bits per heavy atom. The van der Waals surface area contributed by atoms with Crippen molar-refractivity contribution in [1.82, 2.24) is 0 Å². The maximum Gasteiger partial charge on any atom is 0.129 e. The van der Waals surface area contributed by atoms with Gasteiger partial charge in [-0.1, -0.05) is 73.3 Å². The molecule has 1 unspecified atom stereocenters. The number of allylic oxidation sites excluding steroid dienone is 2. The van der Waals surface area contributed by atoms with E-state index in [-0.39, 0.29) is 0 Å². The second-order valence-corrected chi connectivity index (χ2v) is 6.64. The molecule has 30 heavy (non-hydrogen) atoms. The zero-order valence-corrected chi connectivity index (χ0v) is 16.8.